The zero-order valence-corrected chi connectivity index (χ0v) is 20.2. The molecule has 2 heterocycles. The van der Waals surface area contributed by atoms with Crippen LogP contribution in [0.4, 0.5) is 4.39 Å². The molecule has 5 rings (SSSR count). The Morgan fingerprint density at radius 3 is 2.47 bits per heavy atom. The van der Waals surface area contributed by atoms with Crippen LogP contribution in [0.2, 0.25) is 0 Å². The minimum atomic E-state index is -0.291. The van der Waals surface area contributed by atoms with E-state index < -0.39 is 0 Å². The number of nitrogens with one attached hydrogen (secondary N) is 1. The zero-order valence-electron chi connectivity index (χ0n) is 20.2. The predicted molar refractivity (Wildman–Crippen MR) is 141 cm³/mol. The van der Waals surface area contributed by atoms with E-state index in [1.165, 1.54) is 23.3 Å². The highest BCUT2D eigenvalue weighted by molar-refractivity contribution is 5.86. The van der Waals surface area contributed by atoms with Gasteiger partial charge in [-0.3, -0.25) is 9.78 Å². The molecule has 36 heavy (non-hydrogen) atoms. The highest BCUT2D eigenvalue weighted by Gasteiger charge is 2.23. The van der Waals surface area contributed by atoms with Crippen molar-refractivity contribution in [2.45, 2.75) is 32.4 Å². The van der Waals surface area contributed by atoms with Crippen molar-refractivity contribution in [3.63, 3.8) is 0 Å². The molecule has 0 aliphatic heterocycles. The monoisotopic (exact) mass is 477 g/mol. The van der Waals surface area contributed by atoms with Crippen molar-refractivity contribution in [1.29, 1.82) is 0 Å². The molecule has 0 fully saturated rings. The third-order valence-electron chi connectivity index (χ3n) is 6.54. The van der Waals surface area contributed by atoms with E-state index in [1.54, 1.807) is 24.5 Å². The van der Waals surface area contributed by atoms with Crippen molar-refractivity contribution in [2.75, 3.05) is 0 Å². The summed E-state index contributed by atoms with van der Waals surface area (Å²) in [6.45, 7) is 3.22. The molecular weight excluding hydrogens is 449 g/mol. The Labute approximate surface area is 210 Å². The van der Waals surface area contributed by atoms with Crippen LogP contribution >= 0.6 is 0 Å². The number of fused-ring (bicyclic) bond motifs is 1. The van der Waals surface area contributed by atoms with Gasteiger partial charge in [-0.1, -0.05) is 66.2 Å². The largest absolute Gasteiger partial charge is 0.352 e. The third kappa shape index (κ3) is 5.36. The Morgan fingerprint density at radius 2 is 1.72 bits per heavy atom. The molecule has 180 valence electrons. The zero-order chi connectivity index (χ0) is 24.9. The van der Waals surface area contributed by atoms with E-state index >= 15 is 0 Å². The summed E-state index contributed by atoms with van der Waals surface area (Å²) >= 11 is 0. The third-order valence-corrected chi connectivity index (χ3v) is 6.54. The molecular formula is C31H28FN3O. The number of aryl methyl sites for hydroxylation is 1. The van der Waals surface area contributed by atoms with Crippen LogP contribution in [0.25, 0.3) is 10.9 Å². The average molecular weight is 478 g/mol. The van der Waals surface area contributed by atoms with Crippen LogP contribution in [0.15, 0.2) is 104 Å². The van der Waals surface area contributed by atoms with Crippen LogP contribution < -0.4 is 5.32 Å². The Morgan fingerprint density at radius 1 is 0.944 bits per heavy atom. The number of halogens is 1. The molecule has 2 aromatic heterocycles. The molecule has 4 nitrogen and oxygen atoms in total. The van der Waals surface area contributed by atoms with E-state index in [-0.39, 0.29) is 24.1 Å². The quantitative estimate of drug-likeness (QED) is 0.282. The summed E-state index contributed by atoms with van der Waals surface area (Å²) < 4.78 is 16.0. The fourth-order valence-electron chi connectivity index (χ4n) is 4.64. The maximum absolute atomic E-state index is 13.8. The number of benzene rings is 3. The molecule has 0 radical (unpaired) electrons. The summed E-state index contributed by atoms with van der Waals surface area (Å²) in [5.74, 6) is -0.576. The van der Waals surface area contributed by atoms with Crippen molar-refractivity contribution in [3.8, 4) is 0 Å². The van der Waals surface area contributed by atoms with Gasteiger partial charge in [-0.05, 0) is 53.4 Å². The Hall–Kier alpha value is -4.25. The lowest BCUT2D eigenvalue weighted by Gasteiger charge is -2.17. The van der Waals surface area contributed by atoms with Gasteiger partial charge in [-0.25, -0.2) is 4.39 Å². The summed E-state index contributed by atoms with van der Waals surface area (Å²) in [5, 5.41) is 4.12. The van der Waals surface area contributed by atoms with Crippen LogP contribution in [0.5, 0.6) is 0 Å². The molecule has 3 aromatic carbocycles. The van der Waals surface area contributed by atoms with Gasteiger partial charge in [-0.15, -0.1) is 0 Å². The number of hydrogen-bond acceptors (Lipinski definition) is 2. The lowest BCUT2D eigenvalue weighted by atomic mass is 9.88. The first kappa shape index (κ1) is 23.5. The Balaban J connectivity index is 1.49. The van der Waals surface area contributed by atoms with E-state index in [4.69, 9.17) is 0 Å². The summed E-state index contributed by atoms with van der Waals surface area (Å²) in [6.07, 6.45) is 5.86. The first-order valence-corrected chi connectivity index (χ1v) is 12.1. The number of pyridine rings is 1. The molecule has 0 unspecified atom stereocenters. The summed E-state index contributed by atoms with van der Waals surface area (Å²) in [6, 6.07) is 27.1. The van der Waals surface area contributed by atoms with E-state index in [0.717, 1.165) is 34.1 Å². The molecule has 1 amide bonds. The summed E-state index contributed by atoms with van der Waals surface area (Å²) in [4.78, 5) is 17.2. The number of aromatic nitrogens is 2. The molecule has 0 spiro atoms. The fraction of sp³-hybridized carbons (Fsp3) is 0.161. The van der Waals surface area contributed by atoms with Crippen LogP contribution in [0, 0.1) is 12.7 Å². The van der Waals surface area contributed by atoms with Gasteiger partial charge in [-0.2, -0.15) is 0 Å². The molecule has 0 saturated carbocycles. The summed E-state index contributed by atoms with van der Waals surface area (Å²) in [7, 11) is 0. The van der Waals surface area contributed by atoms with Gasteiger partial charge in [0.05, 0.1) is 0 Å². The SMILES string of the molecule is Cc1ccc(Cn2cc([C@H](CC(=O)NCc3cccnc3)c3ccc(F)cc3)c3ccccc32)cc1. The van der Waals surface area contributed by atoms with E-state index in [2.05, 4.69) is 64.4 Å². The second-order valence-corrected chi connectivity index (χ2v) is 9.16. The highest BCUT2D eigenvalue weighted by atomic mass is 19.1. The van der Waals surface area contributed by atoms with Crippen molar-refractivity contribution >= 4 is 16.8 Å². The molecule has 5 heteroatoms. The van der Waals surface area contributed by atoms with E-state index in [0.29, 0.717) is 6.54 Å². The molecule has 5 aromatic rings. The molecule has 0 aliphatic carbocycles. The summed E-state index contributed by atoms with van der Waals surface area (Å²) in [5.41, 5.74) is 6.45. The topological polar surface area (TPSA) is 46.9 Å². The number of nitrogens with zero attached hydrogens (tertiary/aromatic N) is 2. The Bertz CT molecular complexity index is 1460. The number of carbonyl (C=O) groups excluding carboxylic acids is 1. The van der Waals surface area contributed by atoms with Gasteiger partial charge in [0.25, 0.3) is 0 Å². The maximum atomic E-state index is 13.8. The minimum absolute atomic E-state index is 0.0662. The lowest BCUT2D eigenvalue weighted by Crippen LogP contribution is -2.25. The van der Waals surface area contributed by atoms with E-state index in [9.17, 15) is 9.18 Å². The predicted octanol–water partition coefficient (Wildman–Crippen LogP) is 6.37. The normalized spacial score (nSPS) is 11.9. The molecule has 0 saturated heterocycles. The van der Waals surface area contributed by atoms with Crippen molar-refractivity contribution < 1.29 is 9.18 Å². The number of carbonyl (C=O) groups is 1. The van der Waals surface area contributed by atoms with Gasteiger partial charge >= 0.3 is 0 Å². The first-order valence-electron chi connectivity index (χ1n) is 12.1. The van der Waals surface area contributed by atoms with E-state index in [1.807, 2.05) is 24.3 Å². The van der Waals surface area contributed by atoms with Crippen LogP contribution in [-0.4, -0.2) is 15.5 Å². The molecule has 1 atom stereocenters. The average Bonchev–Trinajstić information content (AvgIpc) is 3.27. The second-order valence-electron chi connectivity index (χ2n) is 9.16. The molecule has 0 aliphatic rings. The first-order chi connectivity index (χ1) is 17.6. The number of amides is 1. The molecule has 1 N–H and O–H groups in total. The number of rotatable bonds is 8. The fourth-order valence-corrected chi connectivity index (χ4v) is 4.64. The van der Waals surface area contributed by atoms with Crippen molar-refractivity contribution in [1.82, 2.24) is 14.9 Å². The van der Waals surface area contributed by atoms with Gasteiger partial charge in [0, 0.05) is 54.9 Å². The van der Waals surface area contributed by atoms with Crippen molar-refractivity contribution in [3.05, 3.63) is 137 Å². The minimum Gasteiger partial charge on any atom is -0.352 e. The van der Waals surface area contributed by atoms with Gasteiger partial charge < -0.3 is 9.88 Å². The lowest BCUT2D eigenvalue weighted by molar-refractivity contribution is -0.121. The van der Waals surface area contributed by atoms with Crippen LogP contribution in [0.3, 0.4) is 0 Å². The Kier molecular flexibility index (Phi) is 6.89. The maximum Gasteiger partial charge on any atom is 0.221 e. The number of hydrogen-bond donors (Lipinski definition) is 1. The van der Waals surface area contributed by atoms with Crippen molar-refractivity contribution in [2.24, 2.45) is 0 Å². The number of para-hydroxylation sites is 1. The smallest absolute Gasteiger partial charge is 0.221 e. The van der Waals surface area contributed by atoms with Gasteiger partial charge in [0.15, 0.2) is 0 Å². The molecule has 0 bridgehead atoms. The standard InChI is InChI=1S/C31H28FN3O/c1-22-8-10-23(11-9-22)20-35-21-29(27-6-2-3-7-30(27)35)28(25-12-14-26(32)15-13-25)17-31(36)34-19-24-5-4-16-33-18-24/h2-16,18,21,28H,17,19-20H2,1H3,(H,34,36)/t28-/m1/s1. The highest BCUT2D eigenvalue weighted by Crippen LogP contribution is 2.35. The second kappa shape index (κ2) is 10.6. The van der Waals surface area contributed by atoms with Crippen LogP contribution in [0.1, 0.15) is 40.2 Å². The van der Waals surface area contributed by atoms with Gasteiger partial charge in [0.1, 0.15) is 5.82 Å². The van der Waals surface area contributed by atoms with Crippen LogP contribution in [-0.2, 0) is 17.9 Å². The van der Waals surface area contributed by atoms with Gasteiger partial charge in [0.2, 0.25) is 5.91 Å².